The topological polar surface area (TPSA) is 36.4 Å². The Morgan fingerprint density at radius 1 is 1.42 bits per heavy atom. The van der Waals surface area contributed by atoms with E-state index in [-0.39, 0.29) is 5.91 Å². The first-order valence-electron chi connectivity index (χ1n) is 8.39. The van der Waals surface area contributed by atoms with Crippen molar-refractivity contribution in [3.05, 3.63) is 45.3 Å². The minimum absolute atomic E-state index is 0.189. The zero-order valence-electron chi connectivity index (χ0n) is 13.8. The number of hydrogen-bond donors (Lipinski definition) is 0. The van der Waals surface area contributed by atoms with Crippen molar-refractivity contribution in [2.75, 3.05) is 24.5 Å². The predicted molar refractivity (Wildman–Crippen MR) is 103 cm³/mol. The zero-order valence-corrected chi connectivity index (χ0v) is 16.2. The lowest BCUT2D eigenvalue weighted by Crippen LogP contribution is -2.47. The molecule has 0 spiro atoms. The van der Waals surface area contributed by atoms with E-state index in [9.17, 15) is 4.79 Å². The quantitative estimate of drug-likeness (QED) is 0.735. The second-order valence-electron chi connectivity index (χ2n) is 6.06. The number of thiophene rings is 1. The number of piperidine rings is 1. The van der Waals surface area contributed by atoms with Crippen LogP contribution in [0.1, 0.15) is 35.9 Å². The van der Waals surface area contributed by atoms with Gasteiger partial charge in [0.2, 0.25) is 0 Å². The van der Waals surface area contributed by atoms with Crippen molar-refractivity contribution in [2.45, 2.75) is 32.2 Å². The van der Waals surface area contributed by atoms with E-state index in [0.717, 1.165) is 53.9 Å². The highest BCUT2D eigenvalue weighted by molar-refractivity contribution is 9.10. The predicted octanol–water partition coefficient (Wildman–Crippen LogP) is 4.43. The molecule has 0 bridgehead atoms. The number of aromatic nitrogens is 1. The van der Waals surface area contributed by atoms with Crippen molar-refractivity contribution < 1.29 is 4.79 Å². The third kappa shape index (κ3) is 3.98. The summed E-state index contributed by atoms with van der Waals surface area (Å²) in [6, 6.07) is 6.31. The SMILES string of the molecule is CCCN(C(=O)c1cccs1)C1CCN(c2cncc(Br)c2)CC1. The molecule has 2 aromatic rings. The molecule has 0 N–H and O–H groups in total. The molecule has 3 rings (SSSR count). The van der Waals surface area contributed by atoms with Gasteiger partial charge in [-0.05, 0) is 52.7 Å². The average molecular weight is 408 g/mol. The van der Waals surface area contributed by atoms with Gasteiger partial charge in [-0.2, -0.15) is 0 Å². The fraction of sp³-hybridized carbons (Fsp3) is 0.444. The summed E-state index contributed by atoms with van der Waals surface area (Å²) in [7, 11) is 0. The number of anilines is 1. The molecule has 1 aliphatic heterocycles. The number of rotatable bonds is 5. The van der Waals surface area contributed by atoms with Crippen LogP contribution in [0.2, 0.25) is 0 Å². The molecule has 0 aliphatic carbocycles. The van der Waals surface area contributed by atoms with Gasteiger partial charge in [-0.25, -0.2) is 0 Å². The number of carbonyl (C=O) groups excluding carboxylic acids is 1. The third-order valence-electron chi connectivity index (χ3n) is 4.42. The molecule has 2 aromatic heterocycles. The van der Waals surface area contributed by atoms with Crippen LogP contribution >= 0.6 is 27.3 Å². The first-order chi connectivity index (χ1) is 11.7. The molecular formula is C18H22BrN3OS. The number of carbonyl (C=O) groups is 1. The van der Waals surface area contributed by atoms with Gasteiger partial charge < -0.3 is 9.80 Å². The Morgan fingerprint density at radius 2 is 2.21 bits per heavy atom. The molecule has 0 aromatic carbocycles. The van der Waals surface area contributed by atoms with E-state index in [2.05, 4.69) is 43.7 Å². The van der Waals surface area contributed by atoms with Crippen LogP contribution < -0.4 is 4.90 Å². The molecule has 4 nitrogen and oxygen atoms in total. The van der Waals surface area contributed by atoms with E-state index < -0.39 is 0 Å². The van der Waals surface area contributed by atoms with Gasteiger partial charge >= 0.3 is 0 Å². The zero-order chi connectivity index (χ0) is 16.9. The molecule has 128 valence electrons. The molecule has 1 fully saturated rings. The fourth-order valence-corrected chi connectivity index (χ4v) is 4.27. The van der Waals surface area contributed by atoms with E-state index in [1.54, 1.807) is 6.20 Å². The van der Waals surface area contributed by atoms with E-state index in [0.29, 0.717) is 6.04 Å². The van der Waals surface area contributed by atoms with Crippen LogP contribution in [-0.4, -0.2) is 41.5 Å². The smallest absolute Gasteiger partial charge is 0.264 e. The van der Waals surface area contributed by atoms with Crippen molar-refractivity contribution in [2.24, 2.45) is 0 Å². The highest BCUT2D eigenvalue weighted by atomic mass is 79.9. The molecule has 3 heterocycles. The highest BCUT2D eigenvalue weighted by Gasteiger charge is 2.28. The Hall–Kier alpha value is -1.40. The van der Waals surface area contributed by atoms with E-state index in [1.165, 1.54) is 11.3 Å². The Balaban J connectivity index is 1.66. The monoisotopic (exact) mass is 407 g/mol. The second kappa shape index (κ2) is 8.12. The van der Waals surface area contributed by atoms with Gasteiger partial charge in [0.05, 0.1) is 16.8 Å². The number of pyridine rings is 1. The molecule has 24 heavy (non-hydrogen) atoms. The lowest BCUT2D eigenvalue weighted by atomic mass is 10.0. The van der Waals surface area contributed by atoms with E-state index in [1.807, 2.05) is 23.7 Å². The van der Waals surface area contributed by atoms with Crippen molar-refractivity contribution in [1.82, 2.24) is 9.88 Å². The van der Waals surface area contributed by atoms with Crippen LogP contribution in [0.4, 0.5) is 5.69 Å². The first-order valence-corrected chi connectivity index (χ1v) is 10.1. The summed E-state index contributed by atoms with van der Waals surface area (Å²) in [5, 5.41) is 1.97. The highest BCUT2D eigenvalue weighted by Crippen LogP contribution is 2.26. The summed E-state index contributed by atoms with van der Waals surface area (Å²) < 4.78 is 1.00. The number of nitrogens with zero attached hydrogens (tertiary/aromatic N) is 3. The summed E-state index contributed by atoms with van der Waals surface area (Å²) >= 11 is 5.02. The van der Waals surface area contributed by atoms with Gasteiger partial charge in [0, 0.05) is 36.3 Å². The standard InChI is InChI=1S/C18H22BrN3OS/c1-2-7-22(18(23)17-4-3-10-24-17)15-5-8-21(9-6-15)16-11-14(19)12-20-13-16/h3-4,10-13,15H,2,5-9H2,1H3. The minimum atomic E-state index is 0.189. The van der Waals surface area contributed by atoms with Gasteiger partial charge in [-0.15, -0.1) is 11.3 Å². The lowest BCUT2D eigenvalue weighted by molar-refractivity contribution is 0.0655. The molecule has 1 amide bonds. The third-order valence-corrected chi connectivity index (χ3v) is 5.71. The van der Waals surface area contributed by atoms with Gasteiger partial charge in [0.15, 0.2) is 0 Å². The molecule has 0 radical (unpaired) electrons. The Bertz CT molecular complexity index is 669. The number of hydrogen-bond acceptors (Lipinski definition) is 4. The number of halogens is 1. The molecule has 1 aliphatic rings. The molecule has 0 unspecified atom stereocenters. The maximum Gasteiger partial charge on any atom is 0.264 e. The summed E-state index contributed by atoms with van der Waals surface area (Å²) in [4.78, 5) is 22.3. The Labute approximate surface area is 155 Å². The fourth-order valence-electron chi connectivity index (χ4n) is 3.24. The molecule has 0 saturated carbocycles. The van der Waals surface area contributed by atoms with Gasteiger partial charge in [-0.3, -0.25) is 9.78 Å². The van der Waals surface area contributed by atoms with Crippen LogP contribution in [0, 0.1) is 0 Å². The van der Waals surface area contributed by atoms with Crippen molar-refractivity contribution >= 4 is 38.9 Å². The van der Waals surface area contributed by atoms with Crippen LogP contribution in [-0.2, 0) is 0 Å². The van der Waals surface area contributed by atoms with Gasteiger partial charge in [-0.1, -0.05) is 13.0 Å². The largest absolute Gasteiger partial charge is 0.370 e. The molecule has 1 saturated heterocycles. The normalized spacial score (nSPS) is 15.5. The molecular weight excluding hydrogens is 386 g/mol. The van der Waals surface area contributed by atoms with E-state index in [4.69, 9.17) is 0 Å². The maximum absolute atomic E-state index is 12.8. The summed E-state index contributed by atoms with van der Waals surface area (Å²) in [6.45, 7) is 4.89. The van der Waals surface area contributed by atoms with Crippen molar-refractivity contribution in [3.8, 4) is 0 Å². The van der Waals surface area contributed by atoms with Crippen molar-refractivity contribution in [1.29, 1.82) is 0 Å². The maximum atomic E-state index is 12.8. The van der Waals surface area contributed by atoms with Gasteiger partial charge in [0.1, 0.15) is 0 Å². The Kier molecular flexibility index (Phi) is 5.89. The average Bonchev–Trinajstić information content (AvgIpc) is 3.14. The van der Waals surface area contributed by atoms with Crippen molar-refractivity contribution in [3.63, 3.8) is 0 Å². The Morgan fingerprint density at radius 3 is 2.83 bits per heavy atom. The minimum Gasteiger partial charge on any atom is -0.370 e. The molecule has 6 heteroatoms. The molecule has 0 atom stereocenters. The lowest BCUT2D eigenvalue weighted by Gasteiger charge is -2.39. The number of amides is 1. The van der Waals surface area contributed by atoms with Crippen LogP contribution in [0.25, 0.3) is 0 Å². The van der Waals surface area contributed by atoms with Crippen LogP contribution in [0.15, 0.2) is 40.4 Å². The van der Waals surface area contributed by atoms with E-state index >= 15 is 0 Å². The second-order valence-corrected chi connectivity index (χ2v) is 7.92. The van der Waals surface area contributed by atoms with Gasteiger partial charge in [0.25, 0.3) is 5.91 Å². The first kappa shape index (κ1) is 17.4. The van der Waals surface area contributed by atoms with Crippen LogP contribution in [0.3, 0.4) is 0 Å². The van der Waals surface area contributed by atoms with Crippen LogP contribution in [0.5, 0.6) is 0 Å². The summed E-state index contributed by atoms with van der Waals surface area (Å²) in [5.74, 6) is 0.189. The summed E-state index contributed by atoms with van der Waals surface area (Å²) in [6.07, 6.45) is 6.71. The summed E-state index contributed by atoms with van der Waals surface area (Å²) in [5.41, 5.74) is 1.15.